The SMILES string of the molecule is O=C1[C@H]2[C@@H](c3ccccc3)OC3(C(=O)c4ccccc4C3=O)[C@@H]2C(=O)N1c1ccc2c(c1)OCCO2. The fraction of sp³-hybridized carbons (Fsp3) is 0.214. The van der Waals surface area contributed by atoms with Crippen molar-refractivity contribution in [2.45, 2.75) is 11.7 Å². The molecule has 0 bridgehead atoms. The summed E-state index contributed by atoms with van der Waals surface area (Å²) in [6, 6.07) is 20.2. The van der Waals surface area contributed by atoms with Crippen molar-refractivity contribution in [2.24, 2.45) is 11.8 Å². The van der Waals surface area contributed by atoms with Crippen molar-refractivity contribution < 1.29 is 33.4 Å². The van der Waals surface area contributed by atoms with Gasteiger partial charge in [-0.05, 0) is 17.7 Å². The Morgan fingerprint density at radius 1 is 0.722 bits per heavy atom. The largest absolute Gasteiger partial charge is 0.486 e. The average Bonchev–Trinajstić information content (AvgIpc) is 3.49. The second-order valence-electron chi connectivity index (χ2n) is 9.23. The van der Waals surface area contributed by atoms with E-state index in [2.05, 4.69) is 0 Å². The number of benzene rings is 3. The van der Waals surface area contributed by atoms with Gasteiger partial charge in [-0.1, -0.05) is 54.6 Å². The predicted octanol–water partition coefficient (Wildman–Crippen LogP) is 3.15. The lowest BCUT2D eigenvalue weighted by atomic mass is 9.77. The number of imide groups is 1. The second-order valence-corrected chi connectivity index (χ2v) is 9.23. The summed E-state index contributed by atoms with van der Waals surface area (Å²) in [6.07, 6.45) is -0.947. The molecule has 4 aliphatic rings. The number of carbonyl (C=O) groups is 4. The molecule has 1 spiro atoms. The maximum Gasteiger partial charge on any atom is 0.241 e. The molecule has 3 aromatic carbocycles. The van der Waals surface area contributed by atoms with E-state index < -0.39 is 46.9 Å². The topological polar surface area (TPSA) is 99.2 Å². The van der Waals surface area contributed by atoms with Gasteiger partial charge < -0.3 is 14.2 Å². The third kappa shape index (κ3) is 2.56. The summed E-state index contributed by atoms with van der Waals surface area (Å²) < 4.78 is 17.5. The first-order valence-electron chi connectivity index (χ1n) is 11.7. The zero-order valence-corrected chi connectivity index (χ0v) is 18.9. The minimum atomic E-state index is -2.09. The Bertz CT molecular complexity index is 1450. The van der Waals surface area contributed by atoms with Crippen LogP contribution in [-0.4, -0.2) is 42.2 Å². The van der Waals surface area contributed by atoms with E-state index in [-0.39, 0.29) is 11.1 Å². The molecule has 2 saturated heterocycles. The van der Waals surface area contributed by atoms with Gasteiger partial charge in [-0.25, -0.2) is 4.90 Å². The number of fused-ring (bicyclic) bond motifs is 4. The maximum atomic E-state index is 14.0. The van der Waals surface area contributed by atoms with Gasteiger partial charge in [0.25, 0.3) is 0 Å². The van der Waals surface area contributed by atoms with Crippen molar-refractivity contribution in [3.05, 3.63) is 89.5 Å². The Hall–Kier alpha value is -4.30. The molecule has 0 unspecified atom stereocenters. The van der Waals surface area contributed by atoms with E-state index in [0.29, 0.717) is 36.0 Å². The van der Waals surface area contributed by atoms with Gasteiger partial charge in [-0.3, -0.25) is 19.2 Å². The van der Waals surface area contributed by atoms with Gasteiger partial charge in [0.05, 0.1) is 23.6 Å². The molecule has 2 fully saturated rings. The van der Waals surface area contributed by atoms with Crippen LogP contribution in [0.3, 0.4) is 0 Å². The van der Waals surface area contributed by atoms with Crippen LogP contribution in [-0.2, 0) is 14.3 Å². The first kappa shape index (κ1) is 21.0. The first-order valence-corrected chi connectivity index (χ1v) is 11.7. The van der Waals surface area contributed by atoms with Crippen LogP contribution >= 0.6 is 0 Å². The average molecular weight is 481 g/mol. The van der Waals surface area contributed by atoms with Gasteiger partial charge in [0.2, 0.25) is 29.0 Å². The van der Waals surface area contributed by atoms with Crippen molar-refractivity contribution >= 4 is 29.1 Å². The summed E-state index contributed by atoms with van der Waals surface area (Å²) in [6.45, 7) is 0.749. The van der Waals surface area contributed by atoms with Gasteiger partial charge in [0.1, 0.15) is 13.2 Å². The van der Waals surface area contributed by atoms with Crippen molar-refractivity contribution in [1.29, 1.82) is 0 Å². The van der Waals surface area contributed by atoms with E-state index in [1.807, 2.05) is 6.07 Å². The number of anilines is 1. The number of ether oxygens (including phenoxy) is 3. The quantitative estimate of drug-likeness (QED) is 0.410. The van der Waals surface area contributed by atoms with E-state index in [1.54, 1.807) is 66.7 Å². The van der Waals surface area contributed by atoms with Crippen molar-refractivity contribution in [1.82, 2.24) is 0 Å². The molecule has 2 amide bonds. The molecule has 0 saturated carbocycles. The van der Waals surface area contributed by atoms with Gasteiger partial charge in [0, 0.05) is 17.2 Å². The minimum absolute atomic E-state index is 0.202. The summed E-state index contributed by atoms with van der Waals surface area (Å²) in [4.78, 5) is 56.5. The lowest BCUT2D eigenvalue weighted by molar-refractivity contribution is -0.127. The predicted molar refractivity (Wildman–Crippen MR) is 125 cm³/mol. The van der Waals surface area contributed by atoms with Crippen LogP contribution in [0.1, 0.15) is 32.4 Å². The van der Waals surface area contributed by atoms with E-state index in [9.17, 15) is 19.2 Å². The van der Waals surface area contributed by atoms with Crippen LogP contribution in [0.25, 0.3) is 0 Å². The molecule has 3 aliphatic heterocycles. The highest BCUT2D eigenvalue weighted by Gasteiger charge is 2.74. The summed E-state index contributed by atoms with van der Waals surface area (Å²) >= 11 is 0. The van der Waals surface area contributed by atoms with Gasteiger partial charge in [0.15, 0.2) is 11.5 Å². The molecule has 8 heteroatoms. The Balaban J connectivity index is 1.39. The zero-order valence-electron chi connectivity index (χ0n) is 18.9. The zero-order chi connectivity index (χ0) is 24.6. The molecular weight excluding hydrogens is 462 g/mol. The molecule has 3 heterocycles. The highest BCUT2D eigenvalue weighted by atomic mass is 16.6. The third-order valence-electron chi connectivity index (χ3n) is 7.43. The molecule has 1 aliphatic carbocycles. The summed E-state index contributed by atoms with van der Waals surface area (Å²) in [7, 11) is 0. The monoisotopic (exact) mass is 481 g/mol. The molecule has 3 atom stereocenters. The van der Waals surface area contributed by atoms with Gasteiger partial charge in [-0.2, -0.15) is 0 Å². The van der Waals surface area contributed by atoms with E-state index in [1.165, 1.54) is 0 Å². The Kier molecular flexibility index (Phi) is 4.29. The minimum Gasteiger partial charge on any atom is -0.486 e. The standard InChI is InChI=1S/C28H19NO7/c30-24-17-8-4-5-9-18(17)25(31)28(24)22-21(23(36-28)15-6-2-1-3-7-15)26(32)29(27(22)33)16-10-11-19-20(14-16)35-13-12-34-19/h1-11,14,21-23H,12-13H2/t21-,22+,23-/m1/s1. The lowest BCUT2D eigenvalue weighted by Gasteiger charge is -2.27. The molecular formula is C28H19NO7. The van der Waals surface area contributed by atoms with Crippen LogP contribution in [0.15, 0.2) is 72.8 Å². The number of amides is 2. The summed E-state index contributed by atoms with van der Waals surface area (Å²) in [5.74, 6) is -3.74. The van der Waals surface area contributed by atoms with Gasteiger partial charge in [-0.15, -0.1) is 0 Å². The first-order chi connectivity index (χ1) is 17.5. The fourth-order valence-electron chi connectivity index (χ4n) is 5.89. The second kappa shape index (κ2) is 7.35. The van der Waals surface area contributed by atoms with Gasteiger partial charge >= 0.3 is 0 Å². The molecule has 36 heavy (non-hydrogen) atoms. The molecule has 3 aromatic rings. The number of ketones is 2. The normalized spacial score (nSPS) is 25.4. The van der Waals surface area contributed by atoms with Crippen LogP contribution < -0.4 is 14.4 Å². The lowest BCUT2D eigenvalue weighted by Crippen LogP contribution is -2.51. The Morgan fingerprint density at radius 3 is 2.06 bits per heavy atom. The fourth-order valence-corrected chi connectivity index (χ4v) is 5.89. The maximum absolute atomic E-state index is 14.0. The van der Waals surface area contributed by atoms with E-state index >= 15 is 0 Å². The van der Waals surface area contributed by atoms with Crippen LogP contribution in [0.5, 0.6) is 11.5 Å². The van der Waals surface area contributed by atoms with Crippen molar-refractivity contribution in [3.8, 4) is 11.5 Å². The van der Waals surface area contributed by atoms with Crippen molar-refractivity contribution in [3.63, 3.8) is 0 Å². The number of nitrogens with zero attached hydrogens (tertiary/aromatic N) is 1. The Morgan fingerprint density at radius 2 is 1.36 bits per heavy atom. The highest BCUT2D eigenvalue weighted by Crippen LogP contribution is 2.57. The number of hydrogen-bond acceptors (Lipinski definition) is 7. The van der Waals surface area contributed by atoms with E-state index in [0.717, 1.165) is 4.90 Å². The number of carbonyl (C=O) groups excluding carboxylic acids is 4. The molecule has 8 nitrogen and oxygen atoms in total. The van der Waals surface area contributed by atoms with Crippen molar-refractivity contribution in [2.75, 3.05) is 18.1 Å². The molecule has 0 radical (unpaired) electrons. The number of rotatable bonds is 2. The number of hydrogen-bond donors (Lipinski definition) is 0. The molecule has 0 aromatic heterocycles. The molecule has 0 N–H and O–H groups in total. The third-order valence-corrected chi connectivity index (χ3v) is 7.43. The summed E-state index contributed by atoms with van der Waals surface area (Å²) in [5, 5.41) is 0. The smallest absolute Gasteiger partial charge is 0.241 e. The Labute approximate surface area is 205 Å². The van der Waals surface area contributed by atoms with E-state index in [4.69, 9.17) is 14.2 Å². The van der Waals surface area contributed by atoms with Crippen LogP contribution in [0, 0.1) is 11.8 Å². The number of Topliss-reactive ketones (excluding diaryl/α,β-unsaturated/α-hetero) is 2. The summed E-state index contributed by atoms with van der Waals surface area (Å²) in [5.41, 5.74) is -0.780. The van der Waals surface area contributed by atoms with Crippen LogP contribution in [0.2, 0.25) is 0 Å². The molecule has 7 rings (SSSR count). The highest BCUT2D eigenvalue weighted by molar-refractivity contribution is 6.37. The van der Waals surface area contributed by atoms with Crippen LogP contribution in [0.4, 0.5) is 5.69 Å². The molecule has 178 valence electrons.